The smallest absolute Gasteiger partial charge is 0.102 e. The van der Waals surface area contributed by atoms with Crippen molar-refractivity contribution >= 4 is 7.92 Å². The predicted octanol–water partition coefficient (Wildman–Crippen LogP) is 4.52. The van der Waals surface area contributed by atoms with E-state index in [4.69, 9.17) is 0 Å². The van der Waals surface area contributed by atoms with Crippen LogP contribution in [-0.4, -0.2) is 17.7 Å². The van der Waals surface area contributed by atoms with Gasteiger partial charge in [0.25, 0.3) is 0 Å². The first-order chi connectivity index (χ1) is 7.42. The second-order valence-corrected chi connectivity index (χ2v) is 7.97. The molecule has 0 amide bonds. The minimum absolute atomic E-state index is 0.150. The minimum atomic E-state index is -0.150. The molecule has 0 N–H and O–H groups in total. The fourth-order valence-electron chi connectivity index (χ4n) is 3.33. The molecule has 87 valence electrons. The molecule has 0 aromatic carbocycles. The zero-order chi connectivity index (χ0) is 10.5. The molecular weight excluding hydrogens is 203 g/mol. The van der Waals surface area contributed by atoms with Crippen molar-refractivity contribution in [1.29, 1.82) is 0 Å². The lowest BCUT2D eigenvalue weighted by atomic mass is 9.99. The van der Waals surface area contributed by atoms with E-state index in [-0.39, 0.29) is 14.3 Å². The number of hydrogen-bond acceptors (Lipinski definition) is 0. The molecule has 2 aliphatic rings. The van der Waals surface area contributed by atoms with Crippen LogP contribution in [0.5, 0.6) is 0 Å². The lowest BCUT2D eigenvalue weighted by Gasteiger charge is -2.36. The fourth-order valence-corrected chi connectivity index (χ4v) is 6.41. The molecule has 2 saturated carbocycles. The molecule has 0 aliphatic heterocycles. The molecule has 0 spiro atoms. The molecule has 1 radical (unpaired) electrons. The monoisotopic (exact) mass is 227 g/mol. The van der Waals surface area contributed by atoms with E-state index < -0.39 is 0 Å². The largest absolute Gasteiger partial charge is 0.232 e. The molecule has 2 heteroatoms. The molecule has 0 bridgehead atoms. The second kappa shape index (κ2) is 6.21. The fraction of sp³-hybridized carbons (Fsp3) is 1.00. The van der Waals surface area contributed by atoms with Crippen molar-refractivity contribution in [2.24, 2.45) is 0 Å². The summed E-state index contributed by atoms with van der Waals surface area (Å²) in [6, 6.07) is 0. The van der Waals surface area contributed by atoms with E-state index >= 15 is 0 Å². The highest BCUT2D eigenvalue weighted by Crippen LogP contribution is 2.54. The summed E-state index contributed by atoms with van der Waals surface area (Å²) in [6.45, 7) is 0. The Morgan fingerprint density at radius 2 is 1.13 bits per heavy atom. The van der Waals surface area contributed by atoms with Gasteiger partial charge in [-0.2, -0.15) is 0 Å². The standard InChI is InChI=1S/C13H24OP/c14-11-15(12-7-3-1-4-8-12)13-9-5-2-6-10-13/h12-13H,1-11H2. The topological polar surface area (TPSA) is 19.9 Å². The highest BCUT2D eigenvalue weighted by atomic mass is 31.1. The Morgan fingerprint density at radius 3 is 1.47 bits per heavy atom. The SMILES string of the molecule is [O]CP(C1CCCCC1)C1CCCCC1. The maximum Gasteiger partial charge on any atom is 0.102 e. The van der Waals surface area contributed by atoms with E-state index in [2.05, 4.69) is 0 Å². The van der Waals surface area contributed by atoms with Gasteiger partial charge in [-0.25, -0.2) is 5.11 Å². The second-order valence-electron chi connectivity index (χ2n) is 5.23. The third-order valence-corrected chi connectivity index (χ3v) is 7.44. The molecule has 2 fully saturated rings. The molecule has 0 aromatic rings. The van der Waals surface area contributed by atoms with Gasteiger partial charge in [-0.1, -0.05) is 46.4 Å². The van der Waals surface area contributed by atoms with Crippen molar-refractivity contribution in [2.75, 3.05) is 6.35 Å². The van der Waals surface area contributed by atoms with Crippen molar-refractivity contribution in [2.45, 2.75) is 75.5 Å². The van der Waals surface area contributed by atoms with Gasteiger partial charge in [0.1, 0.15) is 6.35 Å². The van der Waals surface area contributed by atoms with Crippen LogP contribution in [-0.2, 0) is 5.11 Å². The van der Waals surface area contributed by atoms with Crippen LogP contribution in [0, 0.1) is 0 Å². The van der Waals surface area contributed by atoms with E-state index in [9.17, 15) is 5.11 Å². The van der Waals surface area contributed by atoms with E-state index in [0.717, 1.165) is 11.3 Å². The predicted molar refractivity (Wildman–Crippen MR) is 66.2 cm³/mol. The van der Waals surface area contributed by atoms with Crippen molar-refractivity contribution in [3.8, 4) is 0 Å². The lowest BCUT2D eigenvalue weighted by Crippen LogP contribution is -2.21. The molecule has 0 unspecified atom stereocenters. The molecule has 0 aromatic heterocycles. The summed E-state index contributed by atoms with van der Waals surface area (Å²) in [5.74, 6) is 0. The summed E-state index contributed by atoms with van der Waals surface area (Å²) < 4.78 is 0. The van der Waals surface area contributed by atoms with E-state index in [1.54, 1.807) is 0 Å². The Balaban J connectivity index is 1.88. The summed E-state index contributed by atoms with van der Waals surface area (Å²) in [7, 11) is -0.150. The van der Waals surface area contributed by atoms with Gasteiger partial charge in [0.15, 0.2) is 0 Å². The normalized spacial score (nSPS) is 26.0. The van der Waals surface area contributed by atoms with Crippen LogP contribution in [0.1, 0.15) is 64.2 Å². The maximum absolute atomic E-state index is 11.5. The van der Waals surface area contributed by atoms with Gasteiger partial charge < -0.3 is 0 Å². The van der Waals surface area contributed by atoms with Crippen LogP contribution in [0.2, 0.25) is 0 Å². The molecule has 0 atom stereocenters. The Labute approximate surface area is 95.4 Å². The molecular formula is C13H24OP. The van der Waals surface area contributed by atoms with Gasteiger partial charge in [-0.15, -0.1) is 0 Å². The Hall–Kier alpha value is 0.390. The molecule has 1 nitrogen and oxygen atoms in total. The van der Waals surface area contributed by atoms with E-state index in [1.165, 1.54) is 64.2 Å². The third kappa shape index (κ3) is 3.17. The Kier molecular flexibility index (Phi) is 4.91. The average Bonchev–Trinajstić information content (AvgIpc) is 2.33. The van der Waals surface area contributed by atoms with Crippen molar-refractivity contribution in [3.63, 3.8) is 0 Å². The van der Waals surface area contributed by atoms with Gasteiger partial charge >= 0.3 is 0 Å². The van der Waals surface area contributed by atoms with Gasteiger partial charge in [0.2, 0.25) is 0 Å². The van der Waals surface area contributed by atoms with Crippen LogP contribution >= 0.6 is 7.92 Å². The molecule has 2 aliphatic carbocycles. The quantitative estimate of drug-likeness (QED) is 0.632. The molecule has 0 heterocycles. The van der Waals surface area contributed by atoms with Crippen LogP contribution in [0.3, 0.4) is 0 Å². The summed E-state index contributed by atoms with van der Waals surface area (Å²) >= 11 is 0. The van der Waals surface area contributed by atoms with E-state index in [0.29, 0.717) is 0 Å². The van der Waals surface area contributed by atoms with Gasteiger partial charge in [0, 0.05) is 0 Å². The first-order valence-corrected chi connectivity index (χ1v) is 8.42. The van der Waals surface area contributed by atoms with Crippen LogP contribution in [0.15, 0.2) is 0 Å². The van der Waals surface area contributed by atoms with Crippen molar-refractivity contribution < 1.29 is 5.11 Å². The van der Waals surface area contributed by atoms with Gasteiger partial charge in [-0.3, -0.25) is 0 Å². The first kappa shape index (κ1) is 11.9. The average molecular weight is 227 g/mol. The number of rotatable bonds is 3. The molecule has 0 saturated heterocycles. The van der Waals surface area contributed by atoms with Crippen LogP contribution in [0.4, 0.5) is 0 Å². The van der Waals surface area contributed by atoms with Crippen LogP contribution < -0.4 is 0 Å². The summed E-state index contributed by atoms with van der Waals surface area (Å²) in [5.41, 5.74) is 1.71. The van der Waals surface area contributed by atoms with Gasteiger partial charge in [0.05, 0.1) is 0 Å². The Morgan fingerprint density at radius 1 is 0.733 bits per heavy atom. The third-order valence-electron chi connectivity index (χ3n) is 4.24. The zero-order valence-electron chi connectivity index (χ0n) is 9.79. The summed E-state index contributed by atoms with van der Waals surface area (Å²) in [6.07, 6.45) is 14.2. The highest BCUT2D eigenvalue weighted by Gasteiger charge is 2.30. The zero-order valence-corrected chi connectivity index (χ0v) is 10.7. The maximum atomic E-state index is 11.5. The van der Waals surface area contributed by atoms with Crippen molar-refractivity contribution in [1.82, 2.24) is 0 Å². The van der Waals surface area contributed by atoms with Gasteiger partial charge in [-0.05, 0) is 37.0 Å². The van der Waals surface area contributed by atoms with Crippen LogP contribution in [0.25, 0.3) is 0 Å². The summed E-state index contributed by atoms with van der Waals surface area (Å²) in [4.78, 5) is 0. The minimum Gasteiger partial charge on any atom is -0.232 e. The highest BCUT2D eigenvalue weighted by molar-refractivity contribution is 7.58. The molecule has 15 heavy (non-hydrogen) atoms. The summed E-state index contributed by atoms with van der Waals surface area (Å²) in [5, 5.41) is 11.5. The molecule has 2 rings (SSSR count). The Bertz CT molecular complexity index is 153. The van der Waals surface area contributed by atoms with E-state index in [1.807, 2.05) is 0 Å². The van der Waals surface area contributed by atoms with Crippen molar-refractivity contribution in [3.05, 3.63) is 0 Å². The number of hydrogen-bond donors (Lipinski definition) is 0. The first-order valence-electron chi connectivity index (χ1n) is 6.75. The lowest BCUT2D eigenvalue weighted by molar-refractivity contribution is 0.252.